The third kappa shape index (κ3) is 3.46. The fourth-order valence-electron chi connectivity index (χ4n) is 2.01. The molecule has 1 fully saturated rings. The molecular weight excluding hydrogens is 351 g/mol. The van der Waals surface area contributed by atoms with Crippen molar-refractivity contribution in [3.05, 3.63) is 36.3 Å². The number of benzene rings is 1. The van der Waals surface area contributed by atoms with E-state index in [1.165, 1.54) is 6.07 Å². The highest BCUT2D eigenvalue weighted by atomic mass is 32.2. The largest absolute Gasteiger partial charge is 0.432 e. The van der Waals surface area contributed by atoms with Crippen molar-refractivity contribution in [2.45, 2.75) is 17.5 Å². The molecule has 0 bridgehead atoms. The second kappa shape index (κ2) is 6.32. The number of aromatic nitrogens is 2. The summed E-state index contributed by atoms with van der Waals surface area (Å²) in [5.74, 6) is -1.90. The molecule has 0 atom stereocenters. The highest BCUT2D eigenvalue weighted by Gasteiger charge is 2.23. The van der Waals surface area contributed by atoms with Gasteiger partial charge >= 0.3 is 6.61 Å². The van der Waals surface area contributed by atoms with Crippen LogP contribution in [-0.4, -0.2) is 38.0 Å². The predicted molar refractivity (Wildman–Crippen MR) is 75.9 cm³/mol. The Morgan fingerprint density at radius 2 is 2.08 bits per heavy atom. The zero-order chi connectivity index (χ0) is 17.3. The van der Waals surface area contributed by atoms with Crippen molar-refractivity contribution in [2.24, 2.45) is 0 Å². The van der Waals surface area contributed by atoms with E-state index >= 15 is 0 Å². The van der Waals surface area contributed by atoms with Crippen LogP contribution in [0.2, 0.25) is 0 Å². The minimum atomic E-state index is -4.12. The third-order valence-corrected chi connectivity index (χ3v) is 4.62. The van der Waals surface area contributed by atoms with Gasteiger partial charge in [0.1, 0.15) is 0 Å². The first-order valence-electron chi connectivity index (χ1n) is 6.75. The summed E-state index contributed by atoms with van der Waals surface area (Å²) in [5.41, 5.74) is 0. The molecule has 1 aromatic heterocycles. The molecular formula is C13H12F3N3O4S. The highest BCUT2D eigenvalue weighted by molar-refractivity contribution is 7.92. The van der Waals surface area contributed by atoms with E-state index in [0.29, 0.717) is 19.3 Å². The number of hydrogen-bond donors (Lipinski definition) is 1. The zero-order valence-electron chi connectivity index (χ0n) is 12.0. The molecule has 1 aliphatic heterocycles. The Morgan fingerprint density at radius 1 is 1.33 bits per heavy atom. The normalized spacial score (nSPS) is 15.3. The fraction of sp³-hybridized carbons (Fsp3) is 0.308. The van der Waals surface area contributed by atoms with Crippen LogP contribution in [0.15, 0.2) is 35.4 Å². The average Bonchev–Trinajstić information content (AvgIpc) is 2.85. The lowest BCUT2D eigenvalue weighted by molar-refractivity contribution is -0.0522. The van der Waals surface area contributed by atoms with Crippen LogP contribution in [0.1, 0.15) is 6.04 Å². The number of nitrogens with one attached hydrogen (secondary N) is 1. The van der Waals surface area contributed by atoms with Gasteiger partial charge in [-0.05, 0) is 18.2 Å². The lowest BCUT2D eigenvalue weighted by Gasteiger charge is -2.25. The summed E-state index contributed by atoms with van der Waals surface area (Å²) in [4.78, 5) is -0.442. The molecule has 11 heteroatoms. The number of hydrogen-bond acceptors (Lipinski definition) is 5. The maximum absolute atomic E-state index is 13.7. The summed E-state index contributed by atoms with van der Waals surface area (Å²) in [6, 6.07) is 3.86. The van der Waals surface area contributed by atoms with E-state index in [2.05, 4.69) is 14.6 Å². The second-order valence-corrected chi connectivity index (χ2v) is 6.63. The number of nitrogens with zero attached hydrogens (tertiary/aromatic N) is 2. The summed E-state index contributed by atoms with van der Waals surface area (Å²) in [7, 11) is -4.12. The van der Waals surface area contributed by atoms with E-state index in [1.807, 2.05) is 0 Å². The molecule has 0 amide bonds. The number of ether oxygens (including phenoxy) is 2. The van der Waals surface area contributed by atoms with Gasteiger partial charge in [0.05, 0.1) is 24.2 Å². The molecule has 3 rings (SSSR count). The zero-order valence-corrected chi connectivity index (χ0v) is 12.8. The average molecular weight is 363 g/mol. The Labute approximate surface area is 135 Å². The molecule has 130 valence electrons. The molecule has 0 unspecified atom stereocenters. The van der Waals surface area contributed by atoms with E-state index < -0.39 is 33.1 Å². The summed E-state index contributed by atoms with van der Waals surface area (Å²) in [5, 5.41) is 4.05. The monoisotopic (exact) mass is 363 g/mol. The second-order valence-electron chi connectivity index (χ2n) is 4.95. The molecule has 0 radical (unpaired) electrons. The SMILES string of the molecule is O=S(=O)(Nc1ccn(C2COC2)n1)c1ccc(OC(F)F)c(F)c1. The molecule has 1 N–H and O–H groups in total. The minimum Gasteiger partial charge on any atom is -0.432 e. The summed E-state index contributed by atoms with van der Waals surface area (Å²) in [6.45, 7) is -2.23. The fourth-order valence-corrected chi connectivity index (χ4v) is 3.02. The van der Waals surface area contributed by atoms with Crippen molar-refractivity contribution in [1.82, 2.24) is 9.78 Å². The number of anilines is 1. The van der Waals surface area contributed by atoms with Gasteiger partial charge in [0.2, 0.25) is 0 Å². The summed E-state index contributed by atoms with van der Waals surface area (Å²) < 4.78 is 74.9. The molecule has 1 saturated heterocycles. The van der Waals surface area contributed by atoms with Crippen molar-refractivity contribution in [1.29, 1.82) is 0 Å². The van der Waals surface area contributed by atoms with Crippen LogP contribution >= 0.6 is 0 Å². The Morgan fingerprint density at radius 3 is 2.67 bits per heavy atom. The molecule has 0 saturated carbocycles. The number of alkyl halides is 2. The maximum atomic E-state index is 13.7. The number of halogens is 3. The highest BCUT2D eigenvalue weighted by Crippen LogP contribution is 2.24. The minimum absolute atomic E-state index is 0.0477. The molecule has 0 spiro atoms. The Hall–Kier alpha value is -2.27. The van der Waals surface area contributed by atoms with Crippen LogP contribution < -0.4 is 9.46 Å². The summed E-state index contributed by atoms with van der Waals surface area (Å²) >= 11 is 0. The predicted octanol–water partition coefficient (Wildman–Crippen LogP) is 2.00. The van der Waals surface area contributed by atoms with Gasteiger partial charge in [0.25, 0.3) is 10.0 Å². The van der Waals surface area contributed by atoms with E-state index in [0.717, 1.165) is 12.1 Å². The lowest BCUT2D eigenvalue weighted by atomic mass is 10.3. The smallest absolute Gasteiger partial charge is 0.387 e. The quantitative estimate of drug-likeness (QED) is 0.849. The van der Waals surface area contributed by atoms with Gasteiger partial charge in [-0.15, -0.1) is 0 Å². The summed E-state index contributed by atoms with van der Waals surface area (Å²) in [6.07, 6.45) is 1.59. The van der Waals surface area contributed by atoms with Crippen LogP contribution in [-0.2, 0) is 14.8 Å². The van der Waals surface area contributed by atoms with E-state index in [-0.39, 0.29) is 11.9 Å². The standard InChI is InChI=1S/C13H12F3N3O4S/c14-10-5-9(1-2-11(10)23-13(15)16)24(20,21)18-12-3-4-19(17-12)8-6-22-7-8/h1-5,8,13H,6-7H2,(H,17,18). The van der Waals surface area contributed by atoms with Crippen LogP contribution in [0.3, 0.4) is 0 Å². The Bertz CT molecular complexity index is 837. The Balaban J connectivity index is 1.77. The maximum Gasteiger partial charge on any atom is 0.387 e. The van der Waals surface area contributed by atoms with Gasteiger partial charge in [0.15, 0.2) is 17.4 Å². The van der Waals surface area contributed by atoms with Crippen LogP contribution in [0.25, 0.3) is 0 Å². The van der Waals surface area contributed by atoms with Gasteiger partial charge in [-0.1, -0.05) is 0 Å². The first-order chi connectivity index (χ1) is 11.3. The van der Waals surface area contributed by atoms with Crippen molar-refractivity contribution in [3.8, 4) is 5.75 Å². The number of sulfonamides is 1. The topological polar surface area (TPSA) is 82.5 Å². The van der Waals surface area contributed by atoms with Crippen molar-refractivity contribution in [3.63, 3.8) is 0 Å². The van der Waals surface area contributed by atoms with E-state index in [9.17, 15) is 21.6 Å². The molecule has 7 nitrogen and oxygen atoms in total. The first-order valence-corrected chi connectivity index (χ1v) is 8.23. The first kappa shape index (κ1) is 16.6. The van der Waals surface area contributed by atoms with Crippen molar-refractivity contribution >= 4 is 15.8 Å². The van der Waals surface area contributed by atoms with Gasteiger partial charge in [-0.25, -0.2) is 12.8 Å². The van der Waals surface area contributed by atoms with Crippen molar-refractivity contribution in [2.75, 3.05) is 17.9 Å². The van der Waals surface area contributed by atoms with Gasteiger partial charge < -0.3 is 9.47 Å². The van der Waals surface area contributed by atoms with Crippen molar-refractivity contribution < 1.29 is 31.1 Å². The van der Waals surface area contributed by atoms with Crippen LogP contribution in [0.5, 0.6) is 5.75 Å². The molecule has 2 aromatic rings. The molecule has 1 aliphatic rings. The Kier molecular flexibility index (Phi) is 4.37. The van der Waals surface area contributed by atoms with Gasteiger partial charge in [-0.2, -0.15) is 13.9 Å². The molecule has 0 aliphatic carbocycles. The van der Waals surface area contributed by atoms with E-state index in [4.69, 9.17) is 4.74 Å². The molecule has 2 heterocycles. The van der Waals surface area contributed by atoms with Gasteiger partial charge in [-0.3, -0.25) is 9.40 Å². The van der Waals surface area contributed by atoms with E-state index in [1.54, 1.807) is 10.9 Å². The number of rotatable bonds is 6. The molecule has 24 heavy (non-hydrogen) atoms. The van der Waals surface area contributed by atoms with Gasteiger partial charge in [0, 0.05) is 12.3 Å². The molecule has 1 aromatic carbocycles. The third-order valence-electron chi connectivity index (χ3n) is 3.27. The van der Waals surface area contributed by atoms with Crippen LogP contribution in [0, 0.1) is 5.82 Å². The van der Waals surface area contributed by atoms with Crippen LogP contribution in [0.4, 0.5) is 19.0 Å². The lowest BCUT2D eigenvalue weighted by Crippen LogP contribution is -2.31.